The number of hydrogen-bond acceptors (Lipinski definition) is 8. The van der Waals surface area contributed by atoms with E-state index in [0.717, 1.165) is 44.5 Å². The van der Waals surface area contributed by atoms with Gasteiger partial charge in [-0.3, -0.25) is 38.4 Å². The summed E-state index contributed by atoms with van der Waals surface area (Å²) in [4.78, 5) is 94.3. The van der Waals surface area contributed by atoms with Crippen molar-refractivity contribution in [3.8, 4) is 0 Å². The van der Waals surface area contributed by atoms with E-state index in [1.165, 1.54) is 0 Å². The maximum atomic E-state index is 11.8. The van der Waals surface area contributed by atoms with Gasteiger partial charge in [-0.2, -0.15) is 0 Å². The van der Waals surface area contributed by atoms with Crippen molar-refractivity contribution in [3.05, 3.63) is 287 Å². The van der Waals surface area contributed by atoms with E-state index in [9.17, 15) is 38.4 Å². The molecule has 0 saturated carbocycles. The van der Waals surface area contributed by atoms with E-state index in [0.29, 0.717) is 51.4 Å². The van der Waals surface area contributed by atoms with Crippen LogP contribution in [0.3, 0.4) is 0 Å². The molecular weight excluding hydrogens is 1040 g/mol. The number of ketones is 8. The van der Waals surface area contributed by atoms with Gasteiger partial charge in [0.05, 0.1) is 25.7 Å². The summed E-state index contributed by atoms with van der Waals surface area (Å²) in [7, 11) is 0. The summed E-state index contributed by atoms with van der Waals surface area (Å²) >= 11 is 0. The number of carbonyl (C=O) groups excluding carboxylic acids is 8. The van der Waals surface area contributed by atoms with E-state index in [1.807, 2.05) is 243 Å². The van der Waals surface area contributed by atoms with Gasteiger partial charge in [-0.25, -0.2) is 0 Å². The van der Waals surface area contributed by atoms with Crippen molar-refractivity contribution < 1.29 is 64.6 Å². The van der Waals surface area contributed by atoms with Crippen LogP contribution < -0.4 is 0 Å². The second kappa shape index (κ2) is 36.1. The first-order valence-electron chi connectivity index (χ1n) is 25.4. The minimum atomic E-state index is -0.0212. The minimum absolute atomic E-state index is 0. The number of rotatable bonds is 24. The summed E-state index contributed by atoms with van der Waals surface area (Å²) in [5, 5.41) is 0. The second-order valence-corrected chi connectivity index (χ2v) is 18.3. The Bertz CT molecular complexity index is 2400. The van der Waals surface area contributed by atoms with Crippen molar-refractivity contribution in [2.24, 2.45) is 0 Å². The van der Waals surface area contributed by atoms with Crippen molar-refractivity contribution >= 4 is 46.3 Å². The monoisotopic (exact) mass is 1100 g/mol. The fourth-order valence-corrected chi connectivity index (χ4v) is 7.97. The molecule has 0 radical (unpaired) electrons. The van der Waals surface area contributed by atoms with Crippen LogP contribution in [-0.2, 0) is 116 Å². The summed E-state index contributed by atoms with van der Waals surface area (Å²) in [6, 6.07) is 76.1. The van der Waals surface area contributed by atoms with Crippen molar-refractivity contribution in [3.63, 3.8) is 0 Å². The van der Waals surface area contributed by atoms with Crippen LogP contribution >= 0.6 is 0 Å². The van der Waals surface area contributed by atoms with Crippen molar-refractivity contribution in [1.29, 1.82) is 0 Å². The van der Waals surface area contributed by atoms with Crippen molar-refractivity contribution in [2.45, 2.75) is 77.0 Å². The van der Waals surface area contributed by atoms with Gasteiger partial charge < -0.3 is 0 Å². The first kappa shape index (κ1) is 61.5. The molecule has 0 aliphatic heterocycles. The molecule has 0 N–H and O–H groups in total. The molecule has 0 heterocycles. The van der Waals surface area contributed by atoms with Gasteiger partial charge in [0.15, 0.2) is 0 Å². The average molecular weight is 1100 g/mol. The summed E-state index contributed by atoms with van der Waals surface area (Å²) < 4.78 is 0. The summed E-state index contributed by atoms with van der Waals surface area (Å²) in [5.74, 6) is -0.169. The number of carbonyl (C=O) groups is 8. The zero-order chi connectivity index (χ0) is 54.0. The second-order valence-electron chi connectivity index (χ2n) is 18.3. The fourth-order valence-electron chi connectivity index (χ4n) is 7.97. The molecule has 9 heteroatoms. The first-order valence-corrected chi connectivity index (χ1v) is 25.4. The molecule has 8 nitrogen and oxygen atoms in total. The maximum absolute atomic E-state index is 11.8. The topological polar surface area (TPSA) is 137 Å². The standard InChI is InChI=1S/4C17H16O2.Zr/c4*18-16(11-14-7-3-1-4-8-14)13-17(19)12-15-9-5-2-6-10-15;/h4*1-10H,11-13H2;/q;;;;+2. The Hall–Kier alpha value is -8.00. The molecule has 0 saturated heterocycles. The van der Waals surface area contributed by atoms with Crippen LogP contribution in [0.25, 0.3) is 0 Å². The molecule has 0 fully saturated rings. The quantitative estimate of drug-likeness (QED) is 0.0546. The molecule has 8 aromatic carbocycles. The van der Waals surface area contributed by atoms with Crippen LogP contribution in [-0.4, -0.2) is 46.3 Å². The Morgan fingerprint density at radius 3 is 0.351 bits per heavy atom. The zero-order valence-corrected chi connectivity index (χ0v) is 45.8. The van der Waals surface area contributed by atoms with Crippen molar-refractivity contribution in [1.82, 2.24) is 0 Å². The van der Waals surface area contributed by atoms with E-state index in [4.69, 9.17) is 0 Å². The predicted octanol–water partition coefficient (Wildman–Crippen LogP) is 12.0. The van der Waals surface area contributed by atoms with E-state index in [-0.39, 0.29) is 98.2 Å². The molecule has 8 rings (SSSR count). The Morgan fingerprint density at radius 1 is 0.169 bits per heavy atom. The molecule has 8 aromatic rings. The van der Waals surface area contributed by atoms with Gasteiger partial charge in [-0.1, -0.05) is 243 Å². The third-order valence-corrected chi connectivity index (χ3v) is 11.5. The van der Waals surface area contributed by atoms with E-state index in [1.54, 1.807) is 0 Å². The molecule has 0 bridgehead atoms. The smallest absolute Gasteiger partial charge is 0.299 e. The van der Waals surface area contributed by atoms with Gasteiger partial charge in [0.25, 0.3) is 0 Å². The summed E-state index contributed by atoms with van der Waals surface area (Å²) in [5.41, 5.74) is 7.67. The van der Waals surface area contributed by atoms with Crippen molar-refractivity contribution in [2.75, 3.05) is 0 Å². The molecule has 0 amide bonds. The third-order valence-electron chi connectivity index (χ3n) is 11.5. The number of Topliss-reactive ketones (excluding diaryl/α,β-unsaturated/α-hetero) is 8. The molecule has 0 aromatic heterocycles. The SMILES string of the molecule is O=C(CC(=O)Cc1ccccc1)Cc1ccccc1.O=C(CC(=O)Cc1ccccc1)Cc1ccccc1.O=C(CC(=O)Cc1ccccc1)Cc1ccccc1.O=C(CC(=O)Cc1ccccc1)Cc1ccccc1.[Zr+2]. The van der Waals surface area contributed by atoms with Crippen LogP contribution in [0.4, 0.5) is 0 Å². The Balaban J connectivity index is 0.000000221. The minimum Gasteiger partial charge on any atom is -0.299 e. The van der Waals surface area contributed by atoms with E-state index in [2.05, 4.69) is 0 Å². The van der Waals surface area contributed by atoms with Crippen LogP contribution in [0.15, 0.2) is 243 Å². The Morgan fingerprint density at radius 2 is 0.260 bits per heavy atom. The third kappa shape index (κ3) is 27.4. The maximum Gasteiger partial charge on any atom is 2.00 e. The zero-order valence-electron chi connectivity index (χ0n) is 43.3. The van der Waals surface area contributed by atoms with Crippen LogP contribution in [0.5, 0.6) is 0 Å². The summed E-state index contributed by atoms with van der Waals surface area (Å²) in [6.07, 6.45) is 2.75. The van der Waals surface area contributed by atoms with Gasteiger partial charge in [-0.15, -0.1) is 0 Å². The van der Waals surface area contributed by atoms with Crippen LogP contribution in [0.1, 0.15) is 70.2 Å². The van der Waals surface area contributed by atoms with E-state index < -0.39 is 0 Å². The normalized spacial score (nSPS) is 9.97. The van der Waals surface area contributed by atoms with Crippen LogP contribution in [0.2, 0.25) is 0 Å². The van der Waals surface area contributed by atoms with E-state index >= 15 is 0 Å². The molecule has 0 spiro atoms. The van der Waals surface area contributed by atoms with Gasteiger partial charge in [0.1, 0.15) is 46.3 Å². The van der Waals surface area contributed by atoms with Gasteiger partial charge in [0.2, 0.25) is 0 Å². The number of hydrogen-bond donors (Lipinski definition) is 0. The number of benzene rings is 8. The van der Waals surface area contributed by atoms with Gasteiger partial charge in [0, 0.05) is 51.4 Å². The Labute approximate surface area is 472 Å². The average Bonchev–Trinajstić information content (AvgIpc) is 3.41. The molecule has 0 aliphatic carbocycles. The molecule has 0 atom stereocenters. The fraction of sp³-hybridized carbons (Fsp3) is 0.176. The molecular formula is C68H64O8Zr+2. The Kier molecular flexibility index (Phi) is 28.8. The predicted molar refractivity (Wildman–Crippen MR) is 300 cm³/mol. The summed E-state index contributed by atoms with van der Waals surface area (Å²) in [6.45, 7) is 0. The largest absolute Gasteiger partial charge is 2.00 e. The molecule has 0 aliphatic rings. The van der Waals surface area contributed by atoms with Gasteiger partial charge >= 0.3 is 26.2 Å². The molecule has 386 valence electrons. The molecule has 77 heavy (non-hydrogen) atoms. The first-order chi connectivity index (χ1) is 36.9. The molecule has 0 unspecified atom stereocenters. The van der Waals surface area contributed by atoms with Gasteiger partial charge in [-0.05, 0) is 44.5 Å². The van der Waals surface area contributed by atoms with Crippen LogP contribution in [0, 0.1) is 0 Å².